The van der Waals surface area contributed by atoms with Crippen molar-refractivity contribution in [2.75, 3.05) is 39.3 Å². The van der Waals surface area contributed by atoms with Crippen LogP contribution >= 0.6 is 11.6 Å². The van der Waals surface area contributed by atoms with Gasteiger partial charge in [-0.15, -0.1) is 0 Å². The molecule has 0 bridgehead atoms. The number of carbonyl (C=O) groups excluding carboxylic acids is 1. The smallest absolute Gasteiger partial charge is 0.299 e. The van der Waals surface area contributed by atoms with E-state index in [4.69, 9.17) is 16.5 Å². The van der Waals surface area contributed by atoms with Gasteiger partial charge in [-0.2, -0.15) is 4.89 Å². The molecule has 144 valence electrons. The minimum absolute atomic E-state index is 0.211. The average Bonchev–Trinajstić information content (AvgIpc) is 2.69. The summed E-state index contributed by atoms with van der Waals surface area (Å²) in [5.41, 5.74) is 2.53. The fourth-order valence-electron chi connectivity index (χ4n) is 3.43. The van der Waals surface area contributed by atoms with E-state index in [0.717, 1.165) is 37.7 Å². The van der Waals surface area contributed by atoms with E-state index in [-0.39, 0.29) is 6.04 Å². The molecule has 2 aromatic rings. The lowest BCUT2D eigenvalue weighted by atomic mass is 9.96. The predicted molar refractivity (Wildman–Crippen MR) is 105 cm³/mol. The lowest BCUT2D eigenvalue weighted by molar-refractivity contribution is -0.271. The summed E-state index contributed by atoms with van der Waals surface area (Å²) in [5, 5.41) is 0.753. The largest absolute Gasteiger partial charge is 0.339 e. The number of hydrogen-bond acceptors (Lipinski definition) is 5. The van der Waals surface area contributed by atoms with Crippen molar-refractivity contribution in [3.05, 3.63) is 70.7 Å². The first kappa shape index (κ1) is 19.8. The number of rotatable bonds is 7. The van der Waals surface area contributed by atoms with Crippen LogP contribution in [-0.2, 0) is 14.6 Å². The first-order valence-corrected chi connectivity index (χ1v) is 9.58. The van der Waals surface area contributed by atoms with Gasteiger partial charge < -0.3 is 0 Å². The van der Waals surface area contributed by atoms with Crippen molar-refractivity contribution in [2.24, 2.45) is 0 Å². The van der Waals surface area contributed by atoms with Crippen LogP contribution in [0, 0.1) is 0 Å². The van der Waals surface area contributed by atoms with E-state index in [0.29, 0.717) is 6.61 Å². The van der Waals surface area contributed by atoms with Crippen LogP contribution in [0.4, 0.5) is 0 Å². The van der Waals surface area contributed by atoms with Crippen LogP contribution < -0.4 is 0 Å². The third-order valence-electron chi connectivity index (χ3n) is 4.74. The molecule has 1 aliphatic rings. The van der Waals surface area contributed by atoms with Gasteiger partial charge in [0.05, 0.1) is 6.04 Å². The van der Waals surface area contributed by atoms with Gasteiger partial charge in [0, 0.05) is 44.7 Å². The summed E-state index contributed by atoms with van der Waals surface area (Å²) in [7, 11) is 0. The van der Waals surface area contributed by atoms with Gasteiger partial charge in [-0.25, -0.2) is 4.79 Å². The molecule has 0 N–H and O–H groups in total. The molecular weight excluding hydrogens is 364 g/mol. The summed E-state index contributed by atoms with van der Waals surface area (Å²) in [6, 6.07) is 18.9. The van der Waals surface area contributed by atoms with Crippen molar-refractivity contribution < 1.29 is 14.6 Å². The lowest BCUT2D eigenvalue weighted by Crippen LogP contribution is -2.48. The van der Waals surface area contributed by atoms with Crippen LogP contribution in [0.15, 0.2) is 54.6 Å². The first-order chi connectivity index (χ1) is 13.1. The van der Waals surface area contributed by atoms with Gasteiger partial charge >= 0.3 is 5.97 Å². The molecule has 3 rings (SSSR count). The van der Waals surface area contributed by atoms with E-state index < -0.39 is 5.97 Å². The number of nitrogens with zero attached hydrogens (tertiary/aromatic N) is 2. The molecule has 0 aromatic heterocycles. The molecule has 27 heavy (non-hydrogen) atoms. The van der Waals surface area contributed by atoms with Gasteiger partial charge in [0.1, 0.15) is 6.61 Å². The molecule has 5 nitrogen and oxygen atoms in total. The summed E-state index contributed by atoms with van der Waals surface area (Å²) >= 11 is 6.08. The third kappa shape index (κ3) is 5.78. The summed E-state index contributed by atoms with van der Waals surface area (Å²) in [4.78, 5) is 25.0. The Kier molecular flexibility index (Phi) is 7.24. The highest BCUT2D eigenvalue weighted by atomic mass is 35.5. The molecule has 2 aromatic carbocycles. The average molecular weight is 389 g/mol. The van der Waals surface area contributed by atoms with Gasteiger partial charge in [0.15, 0.2) is 0 Å². The molecule has 1 atom stereocenters. The van der Waals surface area contributed by atoms with Crippen molar-refractivity contribution in [1.82, 2.24) is 9.80 Å². The van der Waals surface area contributed by atoms with E-state index in [1.807, 2.05) is 18.2 Å². The van der Waals surface area contributed by atoms with Gasteiger partial charge in [-0.05, 0) is 23.3 Å². The molecule has 1 unspecified atom stereocenters. The molecule has 0 amide bonds. The Hall–Kier alpha value is -1.92. The summed E-state index contributed by atoms with van der Waals surface area (Å²) in [5.74, 6) is -0.423. The Morgan fingerprint density at radius 3 is 2.26 bits per heavy atom. The van der Waals surface area contributed by atoms with Gasteiger partial charge in [-0.3, -0.25) is 14.7 Å². The second kappa shape index (κ2) is 9.85. The SMILES string of the molecule is CC(=O)OOCCN1CCN(C(c2ccccc2)c2ccc(Cl)cc2)CC1. The minimum Gasteiger partial charge on any atom is -0.299 e. The quantitative estimate of drug-likeness (QED) is 0.412. The van der Waals surface area contributed by atoms with Crippen molar-refractivity contribution in [3.63, 3.8) is 0 Å². The first-order valence-electron chi connectivity index (χ1n) is 9.20. The molecule has 6 heteroatoms. The maximum absolute atomic E-state index is 10.7. The molecule has 1 saturated heterocycles. The fraction of sp³-hybridized carbons (Fsp3) is 0.381. The molecule has 1 aliphatic heterocycles. The highest BCUT2D eigenvalue weighted by molar-refractivity contribution is 6.30. The normalized spacial score (nSPS) is 16.8. The van der Waals surface area contributed by atoms with Gasteiger partial charge in [0.25, 0.3) is 0 Å². The van der Waals surface area contributed by atoms with Gasteiger partial charge in [-0.1, -0.05) is 54.1 Å². The summed E-state index contributed by atoms with van der Waals surface area (Å²) < 4.78 is 0. The maximum Gasteiger partial charge on any atom is 0.339 e. The number of carbonyl (C=O) groups is 1. The monoisotopic (exact) mass is 388 g/mol. The zero-order valence-corrected chi connectivity index (χ0v) is 16.3. The molecule has 1 heterocycles. The van der Waals surface area contributed by atoms with Crippen molar-refractivity contribution in [1.29, 1.82) is 0 Å². The highest BCUT2D eigenvalue weighted by Crippen LogP contribution is 2.30. The topological polar surface area (TPSA) is 42.0 Å². The minimum atomic E-state index is -0.423. The van der Waals surface area contributed by atoms with Crippen LogP contribution in [0.5, 0.6) is 0 Å². The Bertz CT molecular complexity index is 716. The van der Waals surface area contributed by atoms with Crippen LogP contribution in [0.1, 0.15) is 24.1 Å². The van der Waals surface area contributed by atoms with E-state index in [9.17, 15) is 4.79 Å². The molecular formula is C21H25ClN2O3. The van der Waals surface area contributed by atoms with Crippen LogP contribution in [0.2, 0.25) is 5.02 Å². The predicted octanol–water partition coefficient (Wildman–Crippen LogP) is 3.54. The Labute approximate surface area is 165 Å². The molecule has 0 aliphatic carbocycles. The number of piperazine rings is 1. The van der Waals surface area contributed by atoms with Crippen molar-refractivity contribution in [2.45, 2.75) is 13.0 Å². The zero-order chi connectivity index (χ0) is 19.1. The fourth-order valence-corrected chi connectivity index (χ4v) is 3.56. The van der Waals surface area contributed by atoms with E-state index in [2.05, 4.69) is 51.1 Å². The van der Waals surface area contributed by atoms with Crippen LogP contribution in [-0.4, -0.2) is 55.1 Å². The summed E-state index contributed by atoms with van der Waals surface area (Å²) in [6.45, 7) is 6.27. The Balaban J connectivity index is 1.63. The van der Waals surface area contributed by atoms with Crippen LogP contribution in [0.3, 0.4) is 0 Å². The van der Waals surface area contributed by atoms with E-state index in [1.165, 1.54) is 18.1 Å². The maximum atomic E-state index is 10.7. The molecule has 0 radical (unpaired) electrons. The van der Waals surface area contributed by atoms with Crippen LogP contribution in [0.25, 0.3) is 0 Å². The molecule has 0 saturated carbocycles. The second-order valence-electron chi connectivity index (χ2n) is 6.64. The lowest BCUT2D eigenvalue weighted by Gasteiger charge is -2.39. The zero-order valence-electron chi connectivity index (χ0n) is 15.5. The highest BCUT2D eigenvalue weighted by Gasteiger charge is 2.26. The molecule has 0 spiro atoms. The standard InChI is InChI=1S/C21H25ClN2O3/c1-17(25)27-26-16-15-23-11-13-24(14-12-23)21(18-5-3-2-4-6-18)19-7-9-20(22)10-8-19/h2-10,21H,11-16H2,1H3. The number of halogens is 1. The Morgan fingerprint density at radius 2 is 1.63 bits per heavy atom. The summed E-state index contributed by atoms with van der Waals surface area (Å²) in [6.07, 6.45) is 0. The second-order valence-corrected chi connectivity index (χ2v) is 7.08. The van der Waals surface area contributed by atoms with Gasteiger partial charge in [0.2, 0.25) is 0 Å². The third-order valence-corrected chi connectivity index (χ3v) is 4.99. The van der Waals surface area contributed by atoms with Crippen molar-refractivity contribution in [3.8, 4) is 0 Å². The number of hydrogen-bond donors (Lipinski definition) is 0. The van der Waals surface area contributed by atoms with E-state index >= 15 is 0 Å². The van der Waals surface area contributed by atoms with Crippen molar-refractivity contribution >= 4 is 17.6 Å². The number of benzene rings is 2. The Morgan fingerprint density at radius 1 is 1.00 bits per heavy atom. The van der Waals surface area contributed by atoms with E-state index in [1.54, 1.807) is 0 Å². The molecule has 1 fully saturated rings.